The van der Waals surface area contributed by atoms with Crippen LogP contribution in [0, 0.1) is 0 Å². The number of pyridine rings is 1. The molecular weight excluding hydrogens is 244 g/mol. The molecule has 1 aliphatic heterocycles. The molecule has 2 nitrogen and oxygen atoms in total. The molecular formula is C18H20N2. The van der Waals surface area contributed by atoms with Gasteiger partial charge in [0.05, 0.1) is 0 Å². The summed E-state index contributed by atoms with van der Waals surface area (Å²) in [7, 11) is 2.20. The Morgan fingerprint density at radius 2 is 1.90 bits per heavy atom. The van der Waals surface area contributed by atoms with Crippen LogP contribution in [0.3, 0.4) is 0 Å². The minimum Gasteiger partial charge on any atom is -0.299 e. The third-order valence-electron chi connectivity index (χ3n) is 3.95. The summed E-state index contributed by atoms with van der Waals surface area (Å²) >= 11 is 0. The van der Waals surface area contributed by atoms with Gasteiger partial charge in [0, 0.05) is 18.4 Å². The lowest BCUT2D eigenvalue weighted by Crippen LogP contribution is -2.17. The summed E-state index contributed by atoms with van der Waals surface area (Å²) < 4.78 is 0. The van der Waals surface area contributed by atoms with Crippen LogP contribution in [-0.2, 0) is 0 Å². The number of hydrogen-bond acceptors (Lipinski definition) is 2. The van der Waals surface area contributed by atoms with Crippen LogP contribution >= 0.6 is 0 Å². The molecule has 0 saturated carbocycles. The van der Waals surface area contributed by atoms with Gasteiger partial charge in [-0.25, -0.2) is 0 Å². The van der Waals surface area contributed by atoms with E-state index in [0.29, 0.717) is 6.04 Å². The first-order valence-electron chi connectivity index (χ1n) is 7.21. The molecule has 2 heteroatoms. The van der Waals surface area contributed by atoms with E-state index in [1.165, 1.54) is 36.1 Å². The minimum absolute atomic E-state index is 0.535. The Balaban J connectivity index is 1.79. The van der Waals surface area contributed by atoms with E-state index in [0.717, 1.165) is 0 Å². The molecule has 2 aromatic rings. The van der Waals surface area contributed by atoms with Crippen LogP contribution < -0.4 is 0 Å². The molecule has 102 valence electrons. The zero-order chi connectivity index (χ0) is 13.8. The lowest BCUT2D eigenvalue weighted by Gasteiger charge is -2.19. The van der Waals surface area contributed by atoms with E-state index < -0.39 is 0 Å². The van der Waals surface area contributed by atoms with Crippen LogP contribution in [0.2, 0.25) is 0 Å². The Kier molecular flexibility index (Phi) is 3.93. The molecule has 1 atom stereocenters. The van der Waals surface area contributed by atoms with Crippen LogP contribution in [-0.4, -0.2) is 23.5 Å². The minimum atomic E-state index is 0.535. The van der Waals surface area contributed by atoms with E-state index in [4.69, 9.17) is 0 Å². The van der Waals surface area contributed by atoms with Crippen molar-refractivity contribution < 1.29 is 0 Å². The summed E-state index contributed by atoms with van der Waals surface area (Å²) in [6.07, 6.45) is 10.7. The average molecular weight is 264 g/mol. The lowest BCUT2D eigenvalue weighted by atomic mass is 10.0. The second-order valence-corrected chi connectivity index (χ2v) is 5.43. The van der Waals surface area contributed by atoms with Gasteiger partial charge < -0.3 is 0 Å². The molecule has 0 aliphatic carbocycles. The molecule has 1 aromatic heterocycles. The molecule has 0 radical (unpaired) electrons. The number of likely N-dealkylation sites (tertiary alicyclic amines) is 1. The van der Waals surface area contributed by atoms with Crippen molar-refractivity contribution in [3.8, 4) is 0 Å². The van der Waals surface area contributed by atoms with Gasteiger partial charge in [-0.15, -0.1) is 0 Å². The first kappa shape index (κ1) is 13.1. The number of aromatic nitrogens is 1. The van der Waals surface area contributed by atoms with Gasteiger partial charge in [-0.2, -0.15) is 0 Å². The van der Waals surface area contributed by atoms with Crippen LogP contribution in [0.25, 0.3) is 12.2 Å². The molecule has 0 amide bonds. The molecule has 1 unspecified atom stereocenters. The highest BCUT2D eigenvalue weighted by molar-refractivity contribution is 5.69. The third kappa shape index (κ3) is 2.97. The fraction of sp³-hybridized carbons (Fsp3) is 0.278. The summed E-state index contributed by atoms with van der Waals surface area (Å²) in [5.74, 6) is 0. The Morgan fingerprint density at radius 3 is 2.65 bits per heavy atom. The van der Waals surface area contributed by atoms with E-state index in [-0.39, 0.29) is 0 Å². The molecule has 3 rings (SSSR count). The SMILES string of the molecule is CN1CCCC1c1cncc(/C=C/c2ccccc2)c1. The van der Waals surface area contributed by atoms with Crippen LogP contribution in [0.1, 0.15) is 35.6 Å². The van der Waals surface area contributed by atoms with Gasteiger partial charge in [-0.05, 0) is 49.2 Å². The molecule has 2 heterocycles. The first-order valence-corrected chi connectivity index (χ1v) is 7.21. The van der Waals surface area contributed by atoms with Crippen LogP contribution in [0.15, 0.2) is 48.8 Å². The van der Waals surface area contributed by atoms with Crippen molar-refractivity contribution in [2.45, 2.75) is 18.9 Å². The molecule has 1 saturated heterocycles. The van der Waals surface area contributed by atoms with Gasteiger partial charge in [0.1, 0.15) is 0 Å². The molecule has 0 spiro atoms. The highest BCUT2D eigenvalue weighted by Gasteiger charge is 2.22. The van der Waals surface area contributed by atoms with Gasteiger partial charge in [-0.3, -0.25) is 9.88 Å². The molecule has 1 fully saturated rings. The van der Waals surface area contributed by atoms with Crippen LogP contribution in [0.4, 0.5) is 0 Å². The average Bonchev–Trinajstić information content (AvgIpc) is 2.93. The van der Waals surface area contributed by atoms with Crippen molar-refractivity contribution in [1.82, 2.24) is 9.88 Å². The predicted molar refractivity (Wildman–Crippen MR) is 84.2 cm³/mol. The fourth-order valence-electron chi connectivity index (χ4n) is 2.84. The topological polar surface area (TPSA) is 16.1 Å². The summed E-state index contributed by atoms with van der Waals surface area (Å²) in [6, 6.07) is 13.2. The summed E-state index contributed by atoms with van der Waals surface area (Å²) in [6.45, 7) is 1.19. The van der Waals surface area contributed by atoms with Crippen molar-refractivity contribution in [1.29, 1.82) is 0 Å². The van der Waals surface area contributed by atoms with Gasteiger partial charge in [-0.1, -0.05) is 42.5 Å². The molecule has 0 bridgehead atoms. The van der Waals surface area contributed by atoms with E-state index >= 15 is 0 Å². The van der Waals surface area contributed by atoms with E-state index in [2.05, 4.69) is 59.4 Å². The Hall–Kier alpha value is -1.93. The lowest BCUT2D eigenvalue weighted by molar-refractivity contribution is 0.317. The van der Waals surface area contributed by atoms with Crippen molar-refractivity contribution in [3.05, 3.63) is 65.5 Å². The second kappa shape index (κ2) is 6.02. The van der Waals surface area contributed by atoms with Gasteiger partial charge >= 0.3 is 0 Å². The standard InChI is InChI=1S/C18H20N2/c1-20-11-5-8-18(20)17-12-16(13-19-14-17)10-9-15-6-3-2-4-7-15/h2-4,6-7,9-10,12-14,18H,5,8,11H2,1H3/b10-9+. The number of hydrogen-bond donors (Lipinski definition) is 0. The summed E-state index contributed by atoms with van der Waals surface area (Å²) in [5.41, 5.74) is 3.72. The summed E-state index contributed by atoms with van der Waals surface area (Å²) in [5, 5.41) is 0. The normalized spacial score (nSPS) is 19.8. The Bertz CT molecular complexity index is 589. The van der Waals surface area contributed by atoms with Gasteiger partial charge in [0.15, 0.2) is 0 Å². The summed E-state index contributed by atoms with van der Waals surface area (Å²) in [4.78, 5) is 6.82. The molecule has 1 aromatic carbocycles. The molecule has 20 heavy (non-hydrogen) atoms. The van der Waals surface area contributed by atoms with E-state index in [9.17, 15) is 0 Å². The van der Waals surface area contributed by atoms with Crippen molar-refractivity contribution >= 4 is 12.2 Å². The highest BCUT2D eigenvalue weighted by Crippen LogP contribution is 2.30. The molecule has 0 N–H and O–H groups in total. The van der Waals surface area contributed by atoms with Gasteiger partial charge in [0.25, 0.3) is 0 Å². The zero-order valence-electron chi connectivity index (χ0n) is 11.9. The van der Waals surface area contributed by atoms with Crippen molar-refractivity contribution in [2.75, 3.05) is 13.6 Å². The maximum atomic E-state index is 4.40. The monoisotopic (exact) mass is 264 g/mol. The van der Waals surface area contributed by atoms with Gasteiger partial charge in [0.2, 0.25) is 0 Å². The maximum Gasteiger partial charge on any atom is 0.0361 e. The van der Waals surface area contributed by atoms with Crippen molar-refractivity contribution in [2.24, 2.45) is 0 Å². The molecule has 1 aliphatic rings. The Morgan fingerprint density at radius 1 is 1.10 bits per heavy atom. The second-order valence-electron chi connectivity index (χ2n) is 5.43. The van der Waals surface area contributed by atoms with E-state index in [1.807, 2.05) is 18.5 Å². The quantitative estimate of drug-likeness (QED) is 0.832. The number of nitrogens with zero attached hydrogens (tertiary/aromatic N) is 2. The number of rotatable bonds is 3. The largest absolute Gasteiger partial charge is 0.299 e. The van der Waals surface area contributed by atoms with Crippen molar-refractivity contribution in [3.63, 3.8) is 0 Å². The highest BCUT2D eigenvalue weighted by atomic mass is 15.1. The third-order valence-corrected chi connectivity index (χ3v) is 3.95. The first-order chi connectivity index (χ1) is 9.83. The van der Waals surface area contributed by atoms with Crippen LogP contribution in [0.5, 0.6) is 0 Å². The zero-order valence-corrected chi connectivity index (χ0v) is 11.9. The smallest absolute Gasteiger partial charge is 0.0361 e. The maximum absolute atomic E-state index is 4.40. The number of benzene rings is 1. The van der Waals surface area contributed by atoms with E-state index in [1.54, 1.807) is 0 Å². The Labute approximate surface area is 120 Å². The fourth-order valence-corrected chi connectivity index (χ4v) is 2.84. The predicted octanol–water partition coefficient (Wildman–Crippen LogP) is 4.02.